The first kappa shape index (κ1) is 16.2. The Bertz CT molecular complexity index is 1030. The zero-order valence-electron chi connectivity index (χ0n) is 12.4. The van der Waals surface area contributed by atoms with Crippen LogP contribution in [0.25, 0.3) is 10.2 Å². The van der Waals surface area contributed by atoms with Gasteiger partial charge in [0.05, 0.1) is 15.1 Å². The van der Waals surface area contributed by atoms with Crippen LogP contribution in [0.15, 0.2) is 56.7 Å². The van der Waals surface area contributed by atoms with Gasteiger partial charge < -0.3 is 4.57 Å². The van der Waals surface area contributed by atoms with Crippen LogP contribution < -0.4 is 4.80 Å². The maximum Gasteiger partial charge on any atom is 0.285 e. The minimum absolute atomic E-state index is 0.0267. The van der Waals surface area contributed by atoms with Crippen molar-refractivity contribution in [2.75, 3.05) is 6.26 Å². The Morgan fingerprint density at radius 2 is 1.87 bits per heavy atom. The van der Waals surface area contributed by atoms with Gasteiger partial charge in [0.25, 0.3) is 10.0 Å². The molecule has 0 aliphatic heterocycles. The van der Waals surface area contributed by atoms with Gasteiger partial charge in [-0.2, -0.15) is 8.42 Å². The molecule has 0 fully saturated rings. The first-order valence-corrected chi connectivity index (χ1v) is 10.1. The summed E-state index contributed by atoms with van der Waals surface area (Å²) in [5.74, 6) is -0.485. The number of benzene rings is 2. The van der Waals surface area contributed by atoms with E-state index in [-0.39, 0.29) is 4.90 Å². The predicted molar refractivity (Wildman–Crippen MR) is 91.7 cm³/mol. The molecule has 1 heterocycles. The minimum Gasteiger partial charge on any atom is -0.319 e. The second-order valence-corrected chi connectivity index (χ2v) is 8.29. The van der Waals surface area contributed by atoms with Gasteiger partial charge in [0, 0.05) is 11.9 Å². The molecule has 0 amide bonds. The number of fused-ring (bicyclic) bond motifs is 1. The highest BCUT2D eigenvalue weighted by atomic mass is 32.2. The van der Waals surface area contributed by atoms with Crippen LogP contribution in [0, 0.1) is 5.82 Å². The number of hydrogen-bond donors (Lipinski definition) is 0. The van der Waals surface area contributed by atoms with Gasteiger partial charge in [0.1, 0.15) is 5.82 Å². The molecule has 4 nitrogen and oxygen atoms in total. The second kappa shape index (κ2) is 6.10. The summed E-state index contributed by atoms with van der Waals surface area (Å²) in [6.45, 7) is 0. The zero-order chi connectivity index (χ0) is 16.6. The summed E-state index contributed by atoms with van der Waals surface area (Å²) in [6.07, 6.45) is 1.99. The van der Waals surface area contributed by atoms with Crippen molar-refractivity contribution in [3.05, 3.63) is 53.1 Å². The summed E-state index contributed by atoms with van der Waals surface area (Å²) in [6, 6.07) is 10.6. The molecule has 8 heteroatoms. The molecule has 0 atom stereocenters. The monoisotopic (exact) mass is 368 g/mol. The van der Waals surface area contributed by atoms with E-state index in [2.05, 4.69) is 4.40 Å². The number of aromatic nitrogens is 1. The second-order valence-electron chi connectivity index (χ2n) is 4.80. The highest BCUT2D eigenvalue weighted by molar-refractivity contribution is 7.98. The van der Waals surface area contributed by atoms with Crippen LogP contribution in [0.4, 0.5) is 4.39 Å². The SMILES string of the molecule is CSc1ccc2c(c1)s/c(=N\S(=O)(=O)c1ccc(F)cc1)n2C. The lowest BCUT2D eigenvalue weighted by Gasteiger charge is -1.99. The Labute approximate surface area is 141 Å². The smallest absolute Gasteiger partial charge is 0.285 e. The largest absolute Gasteiger partial charge is 0.319 e. The molecule has 0 bridgehead atoms. The molecule has 23 heavy (non-hydrogen) atoms. The fourth-order valence-corrected chi connectivity index (χ4v) is 4.89. The Balaban J connectivity index is 2.16. The minimum atomic E-state index is -3.87. The van der Waals surface area contributed by atoms with E-state index in [0.29, 0.717) is 4.80 Å². The van der Waals surface area contributed by atoms with E-state index < -0.39 is 15.8 Å². The Kier molecular flexibility index (Phi) is 4.31. The number of hydrogen-bond acceptors (Lipinski definition) is 4. The van der Waals surface area contributed by atoms with Crippen LogP contribution in [-0.2, 0) is 17.1 Å². The third kappa shape index (κ3) is 3.19. The van der Waals surface area contributed by atoms with Crippen molar-refractivity contribution >= 4 is 43.3 Å². The lowest BCUT2D eigenvalue weighted by Crippen LogP contribution is -2.13. The van der Waals surface area contributed by atoms with E-state index in [1.807, 2.05) is 24.5 Å². The Hall–Kier alpha value is -1.64. The molecule has 2 aromatic carbocycles. The van der Waals surface area contributed by atoms with Gasteiger partial charge in [-0.25, -0.2) is 4.39 Å². The molecule has 0 spiro atoms. The quantitative estimate of drug-likeness (QED) is 0.666. The van der Waals surface area contributed by atoms with E-state index in [0.717, 1.165) is 27.2 Å². The van der Waals surface area contributed by atoms with Gasteiger partial charge in [0.15, 0.2) is 0 Å². The number of thiazole rings is 1. The summed E-state index contributed by atoms with van der Waals surface area (Å²) in [5.41, 5.74) is 0.917. The summed E-state index contributed by atoms with van der Waals surface area (Å²) in [5, 5.41) is 0. The normalized spacial score (nSPS) is 12.9. The van der Waals surface area contributed by atoms with Crippen molar-refractivity contribution in [2.45, 2.75) is 9.79 Å². The van der Waals surface area contributed by atoms with Gasteiger partial charge in [-0.05, 0) is 48.7 Å². The third-order valence-corrected chi connectivity index (χ3v) is 6.54. The van der Waals surface area contributed by atoms with Crippen LogP contribution in [0.5, 0.6) is 0 Å². The molecular weight excluding hydrogens is 355 g/mol. The van der Waals surface area contributed by atoms with Crippen molar-refractivity contribution < 1.29 is 12.8 Å². The molecule has 0 aliphatic carbocycles. The highest BCUT2D eigenvalue weighted by Crippen LogP contribution is 2.24. The van der Waals surface area contributed by atoms with E-state index in [4.69, 9.17) is 0 Å². The van der Waals surface area contributed by atoms with E-state index in [1.54, 1.807) is 23.4 Å². The standard InChI is InChI=1S/C15H13FN2O2S3/c1-18-13-8-5-11(21-2)9-14(13)22-15(18)17-23(19,20)12-6-3-10(16)4-7-12/h3-9H,1-2H3/b17-15-. The molecule has 0 saturated carbocycles. The van der Waals surface area contributed by atoms with Crippen molar-refractivity contribution in [1.82, 2.24) is 4.57 Å². The van der Waals surface area contributed by atoms with Gasteiger partial charge >= 0.3 is 0 Å². The fraction of sp³-hybridized carbons (Fsp3) is 0.133. The zero-order valence-corrected chi connectivity index (χ0v) is 14.8. The topological polar surface area (TPSA) is 51.4 Å². The summed E-state index contributed by atoms with van der Waals surface area (Å²) in [4.78, 5) is 1.45. The summed E-state index contributed by atoms with van der Waals surface area (Å²) >= 11 is 2.93. The molecule has 3 aromatic rings. The number of sulfonamides is 1. The fourth-order valence-electron chi connectivity index (χ4n) is 2.09. The van der Waals surface area contributed by atoms with Crippen molar-refractivity contribution in [3.63, 3.8) is 0 Å². The van der Waals surface area contributed by atoms with Gasteiger partial charge in [-0.3, -0.25) is 0 Å². The van der Waals surface area contributed by atoms with Gasteiger partial charge in [-0.15, -0.1) is 16.2 Å². The molecular formula is C15H13FN2O2S3. The maximum absolute atomic E-state index is 12.9. The average molecular weight is 368 g/mol. The Morgan fingerprint density at radius 3 is 2.52 bits per heavy atom. The number of rotatable bonds is 3. The molecule has 0 saturated heterocycles. The van der Waals surface area contributed by atoms with Crippen LogP contribution in [0.1, 0.15) is 0 Å². The summed E-state index contributed by atoms with van der Waals surface area (Å²) < 4.78 is 44.3. The van der Waals surface area contributed by atoms with Crippen molar-refractivity contribution in [1.29, 1.82) is 0 Å². The van der Waals surface area contributed by atoms with Gasteiger partial charge in [-0.1, -0.05) is 11.3 Å². The number of nitrogens with zero attached hydrogens (tertiary/aromatic N) is 2. The van der Waals surface area contributed by atoms with E-state index in [9.17, 15) is 12.8 Å². The van der Waals surface area contributed by atoms with Gasteiger partial charge in [0.2, 0.25) is 4.80 Å². The molecule has 0 aliphatic rings. The lowest BCUT2D eigenvalue weighted by molar-refractivity contribution is 0.595. The number of thioether (sulfide) groups is 1. The summed E-state index contributed by atoms with van der Waals surface area (Å²) in [7, 11) is -2.10. The van der Waals surface area contributed by atoms with Crippen molar-refractivity contribution in [3.8, 4) is 0 Å². The lowest BCUT2D eigenvalue weighted by atomic mass is 10.3. The van der Waals surface area contributed by atoms with E-state index >= 15 is 0 Å². The third-order valence-electron chi connectivity index (χ3n) is 3.33. The Morgan fingerprint density at radius 1 is 1.17 bits per heavy atom. The van der Waals surface area contributed by atoms with Crippen LogP contribution in [0.3, 0.4) is 0 Å². The van der Waals surface area contributed by atoms with E-state index in [1.165, 1.54) is 23.5 Å². The first-order chi connectivity index (χ1) is 10.9. The van der Waals surface area contributed by atoms with Crippen LogP contribution >= 0.6 is 23.1 Å². The number of halogens is 1. The molecule has 0 unspecified atom stereocenters. The number of aryl methyl sites for hydroxylation is 1. The predicted octanol–water partition coefficient (Wildman–Crippen LogP) is 3.39. The highest BCUT2D eigenvalue weighted by Gasteiger charge is 2.14. The van der Waals surface area contributed by atoms with Crippen LogP contribution in [0.2, 0.25) is 0 Å². The maximum atomic E-state index is 12.9. The first-order valence-electron chi connectivity index (χ1n) is 6.61. The van der Waals surface area contributed by atoms with Crippen molar-refractivity contribution in [2.24, 2.45) is 11.4 Å². The molecule has 1 aromatic heterocycles. The van der Waals surface area contributed by atoms with Crippen LogP contribution in [-0.4, -0.2) is 19.2 Å². The molecule has 0 radical (unpaired) electrons. The molecule has 120 valence electrons. The molecule has 0 N–H and O–H groups in total. The molecule has 3 rings (SSSR count). The average Bonchev–Trinajstić information content (AvgIpc) is 2.82.